The van der Waals surface area contributed by atoms with Gasteiger partial charge in [0, 0.05) is 32.2 Å². The van der Waals surface area contributed by atoms with Crippen LogP contribution in [0.2, 0.25) is 0 Å². The number of nitrogens with one attached hydrogen (secondary N) is 1. The quantitative estimate of drug-likeness (QED) is 0.886. The molecule has 0 saturated carbocycles. The molecule has 2 aromatic rings. The summed E-state index contributed by atoms with van der Waals surface area (Å²) in [6.07, 6.45) is 5.55. The lowest BCUT2D eigenvalue weighted by Gasteiger charge is -2.34. The molecule has 1 N–H and O–H groups in total. The second kappa shape index (κ2) is 7.78. The fourth-order valence-electron chi connectivity index (χ4n) is 4.56. The maximum atomic E-state index is 13.5. The van der Waals surface area contributed by atoms with Crippen molar-refractivity contribution >= 4 is 17.5 Å². The predicted molar refractivity (Wildman–Crippen MR) is 108 cm³/mol. The van der Waals surface area contributed by atoms with Crippen LogP contribution in [0.4, 0.5) is 5.69 Å². The smallest absolute Gasteiger partial charge is 0.261 e. The monoisotopic (exact) mass is 380 g/mol. The van der Waals surface area contributed by atoms with Gasteiger partial charge >= 0.3 is 0 Å². The SMILES string of the molecule is CCC1CCN(C(=O)c2cnn3c2CC(CNC(C)=O)CC3)c2ccccc21. The van der Waals surface area contributed by atoms with Crippen molar-refractivity contribution in [1.82, 2.24) is 15.1 Å². The number of benzene rings is 1. The zero-order valence-electron chi connectivity index (χ0n) is 16.6. The summed E-state index contributed by atoms with van der Waals surface area (Å²) in [6, 6.07) is 8.28. The van der Waals surface area contributed by atoms with E-state index in [1.54, 1.807) is 13.1 Å². The minimum Gasteiger partial charge on any atom is -0.356 e. The summed E-state index contributed by atoms with van der Waals surface area (Å²) in [5.41, 5.74) is 4.02. The molecule has 28 heavy (non-hydrogen) atoms. The summed E-state index contributed by atoms with van der Waals surface area (Å²) in [5.74, 6) is 0.898. The average molecular weight is 380 g/mol. The Bertz CT molecular complexity index is 888. The van der Waals surface area contributed by atoms with Crippen LogP contribution in [0.15, 0.2) is 30.5 Å². The molecule has 2 aliphatic heterocycles. The highest BCUT2D eigenvalue weighted by atomic mass is 16.2. The molecule has 148 valence electrons. The first kappa shape index (κ1) is 18.7. The highest BCUT2D eigenvalue weighted by Gasteiger charge is 2.32. The van der Waals surface area contributed by atoms with Crippen molar-refractivity contribution in [2.45, 2.75) is 52.0 Å². The lowest BCUT2D eigenvalue weighted by Crippen LogP contribution is -2.38. The number of carbonyl (C=O) groups excluding carboxylic acids is 2. The third-order valence-electron chi connectivity index (χ3n) is 6.16. The molecule has 0 bridgehead atoms. The molecule has 0 radical (unpaired) electrons. The lowest BCUT2D eigenvalue weighted by atomic mass is 9.87. The summed E-state index contributed by atoms with van der Waals surface area (Å²) in [7, 11) is 0. The van der Waals surface area contributed by atoms with Gasteiger partial charge in [0.25, 0.3) is 5.91 Å². The van der Waals surface area contributed by atoms with Crippen molar-refractivity contribution in [3.63, 3.8) is 0 Å². The van der Waals surface area contributed by atoms with Crippen LogP contribution in [0.5, 0.6) is 0 Å². The summed E-state index contributed by atoms with van der Waals surface area (Å²) >= 11 is 0. The van der Waals surface area contributed by atoms with Crippen LogP contribution in [-0.4, -0.2) is 34.7 Å². The van der Waals surface area contributed by atoms with Gasteiger partial charge in [-0.1, -0.05) is 25.1 Å². The van der Waals surface area contributed by atoms with Gasteiger partial charge in [-0.25, -0.2) is 0 Å². The van der Waals surface area contributed by atoms with Crippen LogP contribution in [0.3, 0.4) is 0 Å². The molecule has 0 aliphatic carbocycles. The van der Waals surface area contributed by atoms with Crippen molar-refractivity contribution in [2.24, 2.45) is 5.92 Å². The van der Waals surface area contributed by atoms with E-state index < -0.39 is 0 Å². The van der Waals surface area contributed by atoms with Crippen molar-refractivity contribution in [2.75, 3.05) is 18.0 Å². The van der Waals surface area contributed by atoms with E-state index in [-0.39, 0.29) is 11.8 Å². The Morgan fingerprint density at radius 1 is 1.21 bits per heavy atom. The van der Waals surface area contributed by atoms with Gasteiger partial charge < -0.3 is 10.2 Å². The molecular formula is C22H28N4O2. The number of hydrogen-bond acceptors (Lipinski definition) is 3. The number of hydrogen-bond donors (Lipinski definition) is 1. The van der Waals surface area contributed by atoms with Gasteiger partial charge in [-0.15, -0.1) is 0 Å². The molecule has 2 unspecified atom stereocenters. The Morgan fingerprint density at radius 3 is 2.82 bits per heavy atom. The fourth-order valence-corrected chi connectivity index (χ4v) is 4.56. The average Bonchev–Trinajstić information content (AvgIpc) is 3.14. The molecule has 0 spiro atoms. The first-order valence-corrected chi connectivity index (χ1v) is 10.3. The molecule has 6 nitrogen and oxygen atoms in total. The molecule has 2 amide bonds. The zero-order valence-corrected chi connectivity index (χ0v) is 16.6. The minimum absolute atomic E-state index is 0.00853. The molecular weight excluding hydrogens is 352 g/mol. The summed E-state index contributed by atoms with van der Waals surface area (Å²) in [6.45, 7) is 5.94. The number of anilines is 1. The number of aryl methyl sites for hydroxylation is 1. The van der Waals surface area contributed by atoms with E-state index in [0.29, 0.717) is 23.9 Å². The van der Waals surface area contributed by atoms with Crippen LogP contribution in [0.1, 0.15) is 60.6 Å². The van der Waals surface area contributed by atoms with Gasteiger partial charge in [-0.05, 0) is 49.1 Å². The molecule has 0 saturated heterocycles. The van der Waals surface area contributed by atoms with E-state index in [1.807, 2.05) is 15.6 Å². The summed E-state index contributed by atoms with van der Waals surface area (Å²) in [5, 5.41) is 7.38. The van der Waals surface area contributed by atoms with E-state index in [0.717, 1.165) is 50.2 Å². The molecule has 1 aromatic carbocycles. The van der Waals surface area contributed by atoms with E-state index in [1.165, 1.54) is 5.56 Å². The number of rotatable bonds is 4. The molecule has 6 heteroatoms. The number of fused-ring (bicyclic) bond motifs is 2. The molecule has 0 fully saturated rings. The van der Waals surface area contributed by atoms with Crippen LogP contribution >= 0.6 is 0 Å². The first-order chi connectivity index (χ1) is 13.6. The van der Waals surface area contributed by atoms with Gasteiger partial charge in [-0.3, -0.25) is 14.3 Å². The Labute approximate surface area is 165 Å². The third-order valence-corrected chi connectivity index (χ3v) is 6.16. The minimum atomic E-state index is -0.00853. The lowest BCUT2D eigenvalue weighted by molar-refractivity contribution is -0.119. The predicted octanol–water partition coefficient (Wildman–Crippen LogP) is 3.13. The van der Waals surface area contributed by atoms with E-state index >= 15 is 0 Å². The number of para-hydroxylation sites is 1. The molecule has 2 atom stereocenters. The van der Waals surface area contributed by atoms with Gasteiger partial charge in [0.05, 0.1) is 17.5 Å². The normalized spacial score (nSPS) is 21.0. The first-order valence-electron chi connectivity index (χ1n) is 10.3. The van der Waals surface area contributed by atoms with Crippen LogP contribution < -0.4 is 10.2 Å². The van der Waals surface area contributed by atoms with Gasteiger partial charge in [-0.2, -0.15) is 5.10 Å². The number of nitrogens with zero attached hydrogens (tertiary/aromatic N) is 3. The Balaban J connectivity index is 1.59. The van der Waals surface area contributed by atoms with Gasteiger partial charge in [0.2, 0.25) is 5.91 Å². The maximum Gasteiger partial charge on any atom is 0.261 e. The molecule has 2 aliphatic rings. The third kappa shape index (κ3) is 3.43. The largest absolute Gasteiger partial charge is 0.356 e. The Hall–Kier alpha value is -2.63. The van der Waals surface area contributed by atoms with E-state index in [2.05, 4.69) is 35.5 Å². The highest BCUT2D eigenvalue weighted by molar-refractivity contribution is 6.07. The topological polar surface area (TPSA) is 67.2 Å². The van der Waals surface area contributed by atoms with Crippen LogP contribution in [0.25, 0.3) is 0 Å². The van der Waals surface area contributed by atoms with Crippen molar-refractivity contribution in [1.29, 1.82) is 0 Å². The number of carbonyl (C=O) groups is 2. The van der Waals surface area contributed by atoms with Crippen molar-refractivity contribution < 1.29 is 9.59 Å². The van der Waals surface area contributed by atoms with E-state index in [9.17, 15) is 9.59 Å². The van der Waals surface area contributed by atoms with Crippen LogP contribution in [0, 0.1) is 5.92 Å². The molecule has 4 rings (SSSR count). The Kier molecular flexibility index (Phi) is 5.20. The number of amides is 2. The van der Waals surface area contributed by atoms with Crippen molar-refractivity contribution in [3.8, 4) is 0 Å². The van der Waals surface area contributed by atoms with Gasteiger partial charge in [0.15, 0.2) is 0 Å². The van der Waals surface area contributed by atoms with Gasteiger partial charge in [0.1, 0.15) is 0 Å². The maximum absolute atomic E-state index is 13.5. The summed E-state index contributed by atoms with van der Waals surface area (Å²) < 4.78 is 1.96. The van der Waals surface area contributed by atoms with Crippen molar-refractivity contribution in [3.05, 3.63) is 47.3 Å². The van der Waals surface area contributed by atoms with E-state index in [4.69, 9.17) is 0 Å². The van der Waals surface area contributed by atoms with Crippen LogP contribution in [-0.2, 0) is 17.8 Å². The molecule has 3 heterocycles. The standard InChI is InChI=1S/C22H28N4O2/c1-3-17-9-10-25(20-7-5-4-6-18(17)20)22(28)19-14-24-26-11-8-16(12-21(19)26)13-23-15(2)27/h4-7,14,16-17H,3,8-13H2,1-2H3,(H,23,27). The Morgan fingerprint density at radius 2 is 2.04 bits per heavy atom. The molecule has 1 aromatic heterocycles. The zero-order chi connectivity index (χ0) is 19.7. The summed E-state index contributed by atoms with van der Waals surface area (Å²) in [4.78, 5) is 26.6. The number of aromatic nitrogens is 2. The fraction of sp³-hybridized carbons (Fsp3) is 0.500. The second-order valence-electron chi connectivity index (χ2n) is 7.93. The second-order valence-corrected chi connectivity index (χ2v) is 7.93. The highest BCUT2D eigenvalue weighted by Crippen LogP contribution is 2.38.